The molecule has 0 N–H and O–H groups in total. The number of nitrogens with zero attached hydrogens (tertiary/aromatic N) is 2. The lowest BCUT2D eigenvalue weighted by atomic mass is 10.4. The lowest BCUT2D eigenvalue weighted by Crippen LogP contribution is -2.30. The van der Waals surface area contributed by atoms with Gasteiger partial charge in [-0.3, -0.25) is 9.69 Å². The first-order valence-corrected chi connectivity index (χ1v) is 5.03. The van der Waals surface area contributed by atoms with Crippen LogP contribution in [0.1, 0.15) is 19.6 Å². The fraction of sp³-hybridized carbons (Fsp3) is 0.600. The second-order valence-corrected chi connectivity index (χ2v) is 3.09. The van der Waals surface area contributed by atoms with Crippen molar-refractivity contribution >= 4 is 5.97 Å². The van der Waals surface area contributed by atoms with Gasteiger partial charge in [-0.2, -0.15) is 0 Å². The van der Waals surface area contributed by atoms with Gasteiger partial charge in [0.1, 0.15) is 0 Å². The number of carbonyl (C=O) groups is 1. The van der Waals surface area contributed by atoms with Crippen LogP contribution < -0.4 is 0 Å². The largest absolute Gasteiger partial charge is 0.465 e. The van der Waals surface area contributed by atoms with Gasteiger partial charge in [-0.1, -0.05) is 12.1 Å². The molecule has 0 unspecified atom stereocenters. The van der Waals surface area contributed by atoms with Crippen LogP contribution in [-0.2, 0) is 16.1 Å². The van der Waals surface area contributed by atoms with Gasteiger partial charge >= 0.3 is 5.97 Å². The van der Waals surface area contributed by atoms with E-state index >= 15 is 0 Å². The quantitative estimate of drug-likeness (QED) is 0.660. The van der Waals surface area contributed by atoms with Gasteiger partial charge in [-0.25, -0.2) is 0 Å². The van der Waals surface area contributed by atoms with Crippen LogP contribution in [0.25, 0.3) is 0 Å². The van der Waals surface area contributed by atoms with Crippen molar-refractivity contribution in [2.24, 2.45) is 0 Å². The summed E-state index contributed by atoms with van der Waals surface area (Å²) in [6, 6.07) is 1.79. The zero-order valence-corrected chi connectivity index (χ0v) is 9.10. The number of ether oxygens (including phenoxy) is 1. The van der Waals surface area contributed by atoms with E-state index < -0.39 is 0 Å². The number of carbonyl (C=O) groups excluding carboxylic acids is 1. The average Bonchev–Trinajstić information content (AvgIpc) is 2.70. The zero-order chi connectivity index (χ0) is 11.1. The Morgan fingerprint density at radius 1 is 1.60 bits per heavy atom. The maximum absolute atomic E-state index is 11.2. The van der Waals surface area contributed by atoms with Gasteiger partial charge in [-0.05, 0) is 13.5 Å². The molecule has 1 heterocycles. The van der Waals surface area contributed by atoms with Crippen LogP contribution >= 0.6 is 0 Å². The number of likely N-dealkylation sites (N-methyl/N-ethyl adjacent to an activating group) is 1. The minimum Gasteiger partial charge on any atom is -0.465 e. The maximum atomic E-state index is 11.2. The summed E-state index contributed by atoms with van der Waals surface area (Å²) >= 11 is 0. The highest BCUT2D eigenvalue weighted by Crippen LogP contribution is 2.02. The molecule has 0 atom stereocenters. The third-order valence-corrected chi connectivity index (χ3v) is 1.98. The summed E-state index contributed by atoms with van der Waals surface area (Å²) in [6.45, 7) is 5.82. The van der Waals surface area contributed by atoms with Crippen LogP contribution in [0.5, 0.6) is 0 Å². The molecule has 0 bridgehead atoms. The molecule has 0 radical (unpaired) electrons. The van der Waals surface area contributed by atoms with E-state index in [0.29, 0.717) is 13.2 Å². The Hall–Kier alpha value is -1.36. The number of hydrogen-bond acceptors (Lipinski definition) is 5. The number of aromatic nitrogens is 1. The van der Waals surface area contributed by atoms with Gasteiger partial charge in [0.05, 0.1) is 25.9 Å². The molecule has 5 heteroatoms. The molecular formula is C10H16N2O3. The van der Waals surface area contributed by atoms with E-state index in [1.165, 1.54) is 0 Å². The molecule has 84 valence electrons. The molecule has 5 nitrogen and oxygen atoms in total. The van der Waals surface area contributed by atoms with Crippen LogP contribution in [0.4, 0.5) is 0 Å². The molecule has 0 saturated carbocycles. The molecule has 0 aliphatic rings. The van der Waals surface area contributed by atoms with Gasteiger partial charge < -0.3 is 9.26 Å². The van der Waals surface area contributed by atoms with Crippen LogP contribution in [0.3, 0.4) is 0 Å². The first-order valence-electron chi connectivity index (χ1n) is 5.03. The monoisotopic (exact) mass is 212 g/mol. The lowest BCUT2D eigenvalue weighted by Gasteiger charge is -2.17. The Morgan fingerprint density at radius 2 is 2.40 bits per heavy atom. The van der Waals surface area contributed by atoms with E-state index in [1.54, 1.807) is 19.2 Å². The normalized spacial score (nSPS) is 10.6. The Bertz CT molecular complexity index is 285. The Morgan fingerprint density at radius 3 is 2.93 bits per heavy atom. The molecule has 1 aromatic rings. The topological polar surface area (TPSA) is 55.6 Å². The molecule has 0 fully saturated rings. The van der Waals surface area contributed by atoms with Crippen molar-refractivity contribution in [3.8, 4) is 0 Å². The summed E-state index contributed by atoms with van der Waals surface area (Å²) in [4.78, 5) is 13.2. The fourth-order valence-electron chi connectivity index (χ4n) is 1.21. The van der Waals surface area contributed by atoms with Crippen molar-refractivity contribution in [2.45, 2.75) is 20.4 Å². The number of rotatable bonds is 6. The van der Waals surface area contributed by atoms with Crippen molar-refractivity contribution < 1.29 is 14.1 Å². The van der Waals surface area contributed by atoms with Gasteiger partial charge in [0.15, 0.2) is 5.76 Å². The van der Waals surface area contributed by atoms with Crippen molar-refractivity contribution in [3.63, 3.8) is 0 Å². The van der Waals surface area contributed by atoms with Crippen LogP contribution in [0, 0.1) is 0 Å². The van der Waals surface area contributed by atoms with E-state index in [9.17, 15) is 4.79 Å². The SMILES string of the molecule is CCOC(=O)CN(CC)Cc1ccno1. The van der Waals surface area contributed by atoms with Gasteiger partial charge in [0.2, 0.25) is 0 Å². The Labute approximate surface area is 89.0 Å². The third-order valence-electron chi connectivity index (χ3n) is 1.98. The minimum absolute atomic E-state index is 0.209. The zero-order valence-electron chi connectivity index (χ0n) is 9.10. The molecule has 0 aliphatic carbocycles. The summed E-state index contributed by atoms with van der Waals surface area (Å²) in [7, 11) is 0. The molecule has 1 aromatic heterocycles. The number of esters is 1. The molecule has 15 heavy (non-hydrogen) atoms. The van der Waals surface area contributed by atoms with E-state index in [-0.39, 0.29) is 12.5 Å². The molecule has 0 saturated heterocycles. The molecule has 0 spiro atoms. The minimum atomic E-state index is -0.209. The van der Waals surface area contributed by atoms with Crippen LogP contribution in [0.15, 0.2) is 16.8 Å². The highest BCUT2D eigenvalue weighted by atomic mass is 16.5. The maximum Gasteiger partial charge on any atom is 0.320 e. The molecule has 0 aliphatic heterocycles. The van der Waals surface area contributed by atoms with Crippen molar-refractivity contribution in [3.05, 3.63) is 18.0 Å². The second kappa shape index (κ2) is 6.19. The molecule has 0 amide bonds. The predicted molar refractivity (Wildman–Crippen MR) is 54.1 cm³/mol. The average molecular weight is 212 g/mol. The Kier molecular flexibility index (Phi) is 4.83. The van der Waals surface area contributed by atoms with E-state index in [0.717, 1.165) is 12.3 Å². The standard InChI is InChI=1S/C10H16N2O3/c1-3-12(8-10(13)14-4-2)7-9-5-6-11-15-9/h5-6H,3-4,7-8H2,1-2H3. The van der Waals surface area contributed by atoms with Gasteiger partial charge in [0.25, 0.3) is 0 Å². The highest BCUT2D eigenvalue weighted by molar-refractivity contribution is 5.71. The highest BCUT2D eigenvalue weighted by Gasteiger charge is 2.11. The van der Waals surface area contributed by atoms with E-state index in [4.69, 9.17) is 9.26 Å². The van der Waals surface area contributed by atoms with Gasteiger partial charge in [0, 0.05) is 6.07 Å². The first kappa shape index (κ1) is 11.7. The van der Waals surface area contributed by atoms with E-state index in [1.807, 2.05) is 11.8 Å². The molecule has 1 rings (SSSR count). The summed E-state index contributed by atoms with van der Waals surface area (Å²) in [5, 5.41) is 3.61. The predicted octanol–water partition coefficient (Wildman–Crippen LogP) is 1.06. The fourth-order valence-corrected chi connectivity index (χ4v) is 1.21. The molecule has 0 aromatic carbocycles. The van der Waals surface area contributed by atoms with E-state index in [2.05, 4.69) is 5.16 Å². The Balaban J connectivity index is 2.39. The molecular weight excluding hydrogens is 196 g/mol. The summed E-state index contributed by atoms with van der Waals surface area (Å²) in [5.74, 6) is 0.542. The van der Waals surface area contributed by atoms with Crippen molar-refractivity contribution in [1.29, 1.82) is 0 Å². The number of hydrogen-bond donors (Lipinski definition) is 0. The lowest BCUT2D eigenvalue weighted by molar-refractivity contribution is -0.144. The smallest absolute Gasteiger partial charge is 0.320 e. The first-order chi connectivity index (χ1) is 7.26. The summed E-state index contributed by atoms with van der Waals surface area (Å²) in [6.07, 6.45) is 1.59. The summed E-state index contributed by atoms with van der Waals surface area (Å²) in [5.41, 5.74) is 0. The van der Waals surface area contributed by atoms with Gasteiger partial charge in [-0.15, -0.1) is 0 Å². The third kappa shape index (κ3) is 4.12. The van der Waals surface area contributed by atoms with Crippen LogP contribution in [-0.4, -0.2) is 35.7 Å². The summed E-state index contributed by atoms with van der Waals surface area (Å²) < 4.78 is 9.83. The van der Waals surface area contributed by atoms with Crippen molar-refractivity contribution in [1.82, 2.24) is 10.1 Å². The van der Waals surface area contributed by atoms with Crippen LogP contribution in [0.2, 0.25) is 0 Å². The second-order valence-electron chi connectivity index (χ2n) is 3.09. The van der Waals surface area contributed by atoms with Crippen molar-refractivity contribution in [2.75, 3.05) is 19.7 Å².